The van der Waals surface area contributed by atoms with E-state index >= 15 is 0 Å². The van der Waals surface area contributed by atoms with Gasteiger partial charge < -0.3 is 15.5 Å². The number of amides is 1. The van der Waals surface area contributed by atoms with Crippen molar-refractivity contribution in [2.24, 2.45) is 0 Å². The number of nitrogens with zero attached hydrogens (tertiary/aromatic N) is 9. The van der Waals surface area contributed by atoms with Crippen LogP contribution in [0.3, 0.4) is 0 Å². The monoisotopic (exact) mass is 730 g/mol. The van der Waals surface area contributed by atoms with E-state index in [0.29, 0.717) is 6.54 Å². The third-order valence-corrected chi connectivity index (χ3v) is 8.00. The molecule has 0 aliphatic carbocycles. The molecular formula is C24H12Cl6N10O5. The normalized spacial score (nSPS) is 11.1. The predicted octanol–water partition coefficient (Wildman–Crippen LogP) is 5.43. The van der Waals surface area contributed by atoms with Gasteiger partial charge in [-0.05, 0) is 19.1 Å². The van der Waals surface area contributed by atoms with Crippen LogP contribution in [0.25, 0.3) is 34.2 Å². The molecule has 5 aromatic rings. The molecule has 0 spiro atoms. The lowest BCUT2D eigenvalue weighted by Gasteiger charge is -2.10. The van der Waals surface area contributed by atoms with Crippen LogP contribution < -0.4 is 5.32 Å². The number of carboxylic acid groups (broad SMARTS) is 2. The van der Waals surface area contributed by atoms with Crippen LogP contribution in [0.1, 0.15) is 38.3 Å². The van der Waals surface area contributed by atoms with Crippen LogP contribution in [-0.2, 0) is 0 Å². The average Bonchev–Trinajstić information content (AvgIpc) is 3.68. The third-order valence-electron chi connectivity index (χ3n) is 5.83. The molecule has 5 heterocycles. The summed E-state index contributed by atoms with van der Waals surface area (Å²) in [5, 5.41) is 36.0. The highest BCUT2D eigenvalue weighted by Gasteiger charge is 2.26. The third kappa shape index (κ3) is 6.10. The van der Waals surface area contributed by atoms with Crippen molar-refractivity contribution in [1.82, 2.24) is 50.3 Å². The maximum absolute atomic E-state index is 12.9. The lowest BCUT2D eigenvalue weighted by atomic mass is 10.1. The van der Waals surface area contributed by atoms with Gasteiger partial charge >= 0.3 is 11.9 Å². The highest BCUT2D eigenvalue weighted by atomic mass is 35.5. The molecule has 0 radical (unpaired) electrons. The molecule has 0 aromatic carbocycles. The van der Waals surface area contributed by atoms with Gasteiger partial charge in [0.15, 0.2) is 21.7 Å². The van der Waals surface area contributed by atoms with E-state index < -0.39 is 29.2 Å². The minimum Gasteiger partial charge on any atom is -0.476 e. The molecule has 0 aliphatic heterocycles. The Morgan fingerprint density at radius 1 is 0.689 bits per heavy atom. The SMILES string of the molecule is CCNC(=O)c1cc(-c2cn(-c3c(Cl)c(Cl)nc(C(=O)O)c3Cl)nn2)nc(-c2cn(-c3c(Cl)c(Cl)nc(C(=O)O)c3Cl)nn2)c1. The fourth-order valence-corrected chi connectivity index (χ4v) is 5.36. The quantitative estimate of drug-likeness (QED) is 0.171. The Bertz CT molecular complexity index is 1920. The van der Waals surface area contributed by atoms with Crippen molar-refractivity contribution in [2.45, 2.75) is 6.92 Å². The summed E-state index contributed by atoms with van der Waals surface area (Å²) in [6.07, 6.45) is 2.65. The number of carboxylic acids is 2. The molecule has 0 fully saturated rings. The van der Waals surface area contributed by atoms with E-state index in [1.165, 1.54) is 24.5 Å². The molecule has 5 rings (SSSR count). The molecule has 230 valence electrons. The molecule has 0 atom stereocenters. The standard InChI is InChI=1S/C24H12Cl6N10O5/c1-2-31-22(41)7-3-8(10-5-39(37-35-10)18-12(25)16(23(42)43)33-20(29)14(18)27)32-9(4-7)11-6-40(38-36-11)19-13(26)17(24(44)45)34-21(30)15(19)28/h3-6H,2H2,1H3,(H,31,41)(H,42,43)(H,44,45). The van der Waals surface area contributed by atoms with Gasteiger partial charge in [0.25, 0.3) is 5.91 Å². The number of pyridine rings is 3. The van der Waals surface area contributed by atoms with E-state index in [1.54, 1.807) is 6.92 Å². The Labute approximate surface area is 280 Å². The number of carbonyl (C=O) groups excluding carboxylic acids is 1. The summed E-state index contributed by atoms with van der Waals surface area (Å²) in [6.45, 7) is 2.05. The zero-order valence-electron chi connectivity index (χ0n) is 21.9. The summed E-state index contributed by atoms with van der Waals surface area (Å²) in [5.41, 5.74) is -0.751. The fraction of sp³-hybridized carbons (Fsp3) is 0.0833. The second-order valence-electron chi connectivity index (χ2n) is 8.65. The molecule has 0 saturated carbocycles. The van der Waals surface area contributed by atoms with Crippen LogP contribution in [-0.4, -0.2) is 79.5 Å². The summed E-state index contributed by atoms with van der Waals surface area (Å²) in [6, 6.07) is 2.85. The molecule has 21 heteroatoms. The number of carbonyl (C=O) groups is 3. The average molecular weight is 733 g/mol. The van der Waals surface area contributed by atoms with Crippen LogP contribution in [0.4, 0.5) is 0 Å². The Balaban J connectivity index is 1.64. The summed E-state index contributed by atoms with van der Waals surface area (Å²) >= 11 is 37.1. The van der Waals surface area contributed by atoms with Crippen LogP contribution in [0, 0.1) is 0 Å². The highest BCUT2D eigenvalue weighted by Crippen LogP contribution is 2.37. The number of hydrogen-bond acceptors (Lipinski definition) is 10. The van der Waals surface area contributed by atoms with Gasteiger partial charge in [0.1, 0.15) is 42.9 Å². The van der Waals surface area contributed by atoms with Crippen molar-refractivity contribution in [2.75, 3.05) is 6.54 Å². The first kappa shape index (κ1) is 32.3. The fourth-order valence-electron chi connectivity index (χ4n) is 3.86. The van der Waals surface area contributed by atoms with Gasteiger partial charge in [-0.3, -0.25) is 4.79 Å². The van der Waals surface area contributed by atoms with Gasteiger partial charge in [0.2, 0.25) is 0 Å². The molecule has 0 saturated heterocycles. The van der Waals surface area contributed by atoms with E-state index in [-0.39, 0.29) is 70.1 Å². The van der Waals surface area contributed by atoms with Crippen molar-refractivity contribution < 1.29 is 24.6 Å². The molecule has 15 nitrogen and oxygen atoms in total. The molecule has 5 aromatic heterocycles. The van der Waals surface area contributed by atoms with Crippen molar-refractivity contribution in [3.8, 4) is 34.2 Å². The number of hydrogen-bond donors (Lipinski definition) is 3. The van der Waals surface area contributed by atoms with Crippen molar-refractivity contribution in [3.63, 3.8) is 0 Å². The van der Waals surface area contributed by atoms with Crippen LogP contribution in [0.15, 0.2) is 24.5 Å². The maximum Gasteiger partial charge on any atom is 0.356 e. The smallest absolute Gasteiger partial charge is 0.356 e. The zero-order valence-corrected chi connectivity index (χ0v) is 26.5. The predicted molar refractivity (Wildman–Crippen MR) is 163 cm³/mol. The van der Waals surface area contributed by atoms with Gasteiger partial charge in [-0.2, -0.15) is 0 Å². The molecule has 0 unspecified atom stereocenters. The summed E-state index contributed by atoms with van der Waals surface area (Å²) in [7, 11) is 0. The lowest BCUT2D eigenvalue weighted by molar-refractivity contribution is 0.0680. The minimum atomic E-state index is -1.45. The van der Waals surface area contributed by atoms with Gasteiger partial charge in [-0.1, -0.05) is 80.0 Å². The molecule has 0 bridgehead atoms. The summed E-state index contributed by atoms with van der Waals surface area (Å²) in [5.74, 6) is -3.37. The summed E-state index contributed by atoms with van der Waals surface area (Å²) < 4.78 is 2.15. The lowest BCUT2D eigenvalue weighted by Crippen LogP contribution is -2.22. The van der Waals surface area contributed by atoms with E-state index in [4.69, 9.17) is 69.6 Å². The largest absolute Gasteiger partial charge is 0.476 e. The zero-order chi connectivity index (χ0) is 32.7. The Kier molecular flexibility index (Phi) is 9.11. The molecule has 3 N–H and O–H groups in total. The number of halogens is 6. The van der Waals surface area contributed by atoms with Crippen LogP contribution in [0.2, 0.25) is 30.4 Å². The number of aromatic nitrogens is 9. The topological polar surface area (TPSA) is 204 Å². The Morgan fingerprint density at radius 3 is 1.49 bits per heavy atom. The summed E-state index contributed by atoms with van der Waals surface area (Å²) in [4.78, 5) is 48.0. The van der Waals surface area contributed by atoms with Gasteiger partial charge in [-0.25, -0.2) is 33.9 Å². The molecular weight excluding hydrogens is 721 g/mol. The molecule has 0 aliphatic rings. The second-order valence-corrected chi connectivity index (χ2v) is 10.9. The van der Waals surface area contributed by atoms with Crippen molar-refractivity contribution in [3.05, 3.63) is 71.9 Å². The first-order chi connectivity index (χ1) is 21.3. The van der Waals surface area contributed by atoms with Crippen LogP contribution >= 0.6 is 69.6 Å². The highest BCUT2D eigenvalue weighted by molar-refractivity contribution is 6.46. The van der Waals surface area contributed by atoms with E-state index in [0.717, 1.165) is 9.36 Å². The maximum atomic E-state index is 12.9. The Hall–Kier alpha value is -4.12. The molecule has 1 amide bonds. The minimum absolute atomic E-state index is 0.102. The first-order valence-corrected chi connectivity index (χ1v) is 14.3. The first-order valence-electron chi connectivity index (χ1n) is 12.0. The van der Waals surface area contributed by atoms with Gasteiger partial charge in [0.05, 0.1) is 23.8 Å². The number of rotatable bonds is 8. The van der Waals surface area contributed by atoms with Crippen molar-refractivity contribution >= 4 is 87.5 Å². The van der Waals surface area contributed by atoms with Crippen LogP contribution in [0.5, 0.6) is 0 Å². The number of aromatic carboxylic acids is 2. The van der Waals surface area contributed by atoms with Gasteiger partial charge in [-0.15, -0.1) is 10.2 Å². The van der Waals surface area contributed by atoms with E-state index in [9.17, 15) is 24.6 Å². The van der Waals surface area contributed by atoms with Gasteiger partial charge in [0, 0.05) is 12.1 Å². The van der Waals surface area contributed by atoms with Crippen molar-refractivity contribution in [1.29, 1.82) is 0 Å². The molecule has 45 heavy (non-hydrogen) atoms. The second kappa shape index (κ2) is 12.7. The van der Waals surface area contributed by atoms with E-state index in [2.05, 4.69) is 40.9 Å². The number of nitrogens with one attached hydrogen (secondary N) is 1. The van der Waals surface area contributed by atoms with E-state index in [1.807, 2.05) is 0 Å². The Morgan fingerprint density at radius 2 is 1.11 bits per heavy atom.